The minimum atomic E-state index is -0.000447. The van der Waals surface area contributed by atoms with Crippen molar-refractivity contribution in [3.05, 3.63) is 0 Å². The lowest BCUT2D eigenvalue weighted by Crippen LogP contribution is -2.49. The van der Waals surface area contributed by atoms with E-state index in [4.69, 9.17) is 4.84 Å². The van der Waals surface area contributed by atoms with Crippen LogP contribution in [0, 0.1) is 22.7 Å². The lowest BCUT2D eigenvalue weighted by molar-refractivity contribution is -0.145. The van der Waals surface area contributed by atoms with Crippen LogP contribution in [0.2, 0.25) is 0 Å². The Kier molecular flexibility index (Phi) is 6.90. The number of carbonyl (C=O) groups is 1. The van der Waals surface area contributed by atoms with Crippen LogP contribution in [0.4, 0.5) is 0 Å². The minimum absolute atomic E-state index is 0.000447. The van der Waals surface area contributed by atoms with E-state index in [1.165, 1.54) is 38.5 Å². The summed E-state index contributed by atoms with van der Waals surface area (Å²) < 4.78 is 0. The van der Waals surface area contributed by atoms with Crippen molar-refractivity contribution in [1.82, 2.24) is 5.48 Å². The molecule has 0 aromatic rings. The molecule has 0 amide bonds. The van der Waals surface area contributed by atoms with Crippen LogP contribution in [0.3, 0.4) is 0 Å². The van der Waals surface area contributed by atoms with E-state index < -0.39 is 0 Å². The summed E-state index contributed by atoms with van der Waals surface area (Å²) in [5, 5.41) is 0. The van der Waals surface area contributed by atoms with Gasteiger partial charge in [-0.15, -0.1) is 0 Å². The third-order valence-electron chi connectivity index (χ3n) is 7.31. The molecular formula is C21H39NO2. The van der Waals surface area contributed by atoms with Crippen molar-refractivity contribution in [1.29, 1.82) is 0 Å². The zero-order valence-electron chi connectivity index (χ0n) is 16.6. The van der Waals surface area contributed by atoms with Crippen LogP contribution in [0.1, 0.15) is 92.4 Å². The van der Waals surface area contributed by atoms with Crippen LogP contribution >= 0.6 is 0 Å². The number of hydrogen-bond donors (Lipinski definition) is 1. The molecule has 3 aliphatic carbocycles. The fraction of sp³-hybridized carbons (Fsp3) is 0.952. The van der Waals surface area contributed by atoms with Crippen molar-refractivity contribution in [2.24, 2.45) is 22.7 Å². The molecule has 3 fully saturated rings. The summed E-state index contributed by atoms with van der Waals surface area (Å²) in [7, 11) is 0. The van der Waals surface area contributed by atoms with E-state index in [1.54, 1.807) is 0 Å². The average molecular weight is 338 g/mol. The predicted octanol–water partition coefficient (Wildman–Crippen LogP) is 5.29. The maximum Gasteiger partial charge on any atom is 0.139 e. The molecule has 140 valence electrons. The van der Waals surface area contributed by atoms with E-state index in [2.05, 4.69) is 26.3 Å². The molecule has 3 aliphatic rings. The van der Waals surface area contributed by atoms with Gasteiger partial charge in [0.15, 0.2) is 0 Å². The second kappa shape index (κ2) is 8.31. The van der Waals surface area contributed by atoms with Crippen LogP contribution in [0.15, 0.2) is 0 Å². The molecule has 0 saturated heterocycles. The molecular weight excluding hydrogens is 298 g/mol. The Bertz CT molecular complexity index is 424. The topological polar surface area (TPSA) is 38.3 Å². The van der Waals surface area contributed by atoms with Crippen molar-refractivity contribution >= 4 is 5.78 Å². The quantitative estimate of drug-likeness (QED) is 0.709. The second-order valence-corrected chi connectivity index (χ2v) is 8.40. The number of hydrogen-bond acceptors (Lipinski definition) is 3. The van der Waals surface area contributed by atoms with Gasteiger partial charge in [-0.05, 0) is 55.8 Å². The third-order valence-corrected chi connectivity index (χ3v) is 7.31. The van der Waals surface area contributed by atoms with Crippen molar-refractivity contribution in [2.45, 2.75) is 98.5 Å². The summed E-state index contributed by atoms with van der Waals surface area (Å²) in [6, 6.07) is 0. The second-order valence-electron chi connectivity index (χ2n) is 8.40. The third kappa shape index (κ3) is 3.58. The van der Waals surface area contributed by atoms with Gasteiger partial charge in [0.1, 0.15) is 5.78 Å². The van der Waals surface area contributed by atoms with Gasteiger partial charge in [0.25, 0.3) is 0 Å². The van der Waals surface area contributed by atoms with E-state index in [0.717, 1.165) is 31.7 Å². The van der Waals surface area contributed by atoms with Crippen molar-refractivity contribution in [2.75, 3.05) is 6.54 Å². The van der Waals surface area contributed by atoms with E-state index in [1.807, 2.05) is 13.8 Å². The molecule has 0 radical (unpaired) electrons. The molecule has 1 N–H and O–H groups in total. The number of rotatable bonds is 4. The molecule has 0 aromatic heterocycles. The summed E-state index contributed by atoms with van der Waals surface area (Å²) in [5.41, 5.74) is 3.40. The molecule has 0 spiro atoms. The first kappa shape index (κ1) is 19.9. The fourth-order valence-electron chi connectivity index (χ4n) is 5.56. The fourth-order valence-corrected chi connectivity index (χ4v) is 5.56. The molecule has 3 nitrogen and oxygen atoms in total. The van der Waals surface area contributed by atoms with Gasteiger partial charge in [0, 0.05) is 18.4 Å². The zero-order valence-corrected chi connectivity index (χ0v) is 16.6. The van der Waals surface area contributed by atoms with Crippen LogP contribution in [-0.2, 0) is 9.63 Å². The molecule has 24 heavy (non-hydrogen) atoms. The largest absolute Gasteiger partial charge is 0.299 e. The molecule has 3 rings (SSSR count). The van der Waals surface area contributed by atoms with Crippen LogP contribution < -0.4 is 5.48 Å². The SMILES string of the molecule is CC.CCNO[C@H]1CCCC[C@]1(C)C1CC[C@]2(C)C(=O)CCC2C1. The Labute approximate surface area is 149 Å². The highest BCUT2D eigenvalue weighted by atomic mass is 16.7. The lowest BCUT2D eigenvalue weighted by atomic mass is 9.55. The Hall–Kier alpha value is -0.410. The number of carbonyl (C=O) groups excluding carboxylic acids is 1. The molecule has 3 saturated carbocycles. The summed E-state index contributed by atoms with van der Waals surface area (Å²) in [6.07, 6.45) is 10.9. The van der Waals surface area contributed by atoms with Gasteiger partial charge >= 0.3 is 0 Å². The monoisotopic (exact) mass is 337 g/mol. The summed E-state index contributed by atoms with van der Waals surface area (Å²) in [4.78, 5) is 18.3. The molecule has 3 heteroatoms. The number of ketones is 1. The van der Waals surface area contributed by atoms with Gasteiger partial charge in [-0.2, -0.15) is 0 Å². The number of nitrogens with one attached hydrogen (secondary N) is 1. The van der Waals surface area contributed by atoms with Gasteiger partial charge in [-0.3, -0.25) is 9.63 Å². The maximum atomic E-state index is 12.3. The smallest absolute Gasteiger partial charge is 0.139 e. The molecule has 0 aliphatic heterocycles. The van der Waals surface area contributed by atoms with E-state index in [0.29, 0.717) is 17.8 Å². The number of Topliss-reactive ketones (excluding diaryl/α,β-unsaturated/α-hetero) is 1. The molecule has 0 aromatic carbocycles. The standard InChI is InChI=1S/C19H33NO2.C2H6/c1-4-20-22-17-7-5-6-11-19(17,3)15-10-12-18(2)14(13-15)8-9-16(18)21;1-2/h14-15,17,20H,4-13H2,1-3H3;1-2H3/t14?,15?,17-,18-,19+;/m0./s1. The molecule has 0 heterocycles. The summed E-state index contributed by atoms with van der Waals surface area (Å²) in [6.45, 7) is 11.7. The predicted molar refractivity (Wildman–Crippen MR) is 99.7 cm³/mol. The van der Waals surface area contributed by atoms with Gasteiger partial charge in [-0.1, -0.05) is 47.5 Å². The summed E-state index contributed by atoms with van der Waals surface area (Å²) in [5.74, 6) is 1.88. The Morgan fingerprint density at radius 2 is 1.83 bits per heavy atom. The Morgan fingerprint density at radius 3 is 2.54 bits per heavy atom. The minimum Gasteiger partial charge on any atom is -0.299 e. The molecule has 5 atom stereocenters. The first-order valence-corrected chi connectivity index (χ1v) is 10.4. The zero-order chi connectivity index (χ0) is 17.8. The first-order valence-electron chi connectivity index (χ1n) is 10.4. The highest BCUT2D eigenvalue weighted by Crippen LogP contribution is 2.57. The van der Waals surface area contributed by atoms with Crippen molar-refractivity contribution < 1.29 is 9.63 Å². The number of fused-ring (bicyclic) bond motifs is 1. The van der Waals surface area contributed by atoms with Gasteiger partial charge in [-0.25, -0.2) is 5.48 Å². The normalized spacial score (nSPS) is 42.2. The Morgan fingerprint density at radius 1 is 1.08 bits per heavy atom. The highest BCUT2D eigenvalue weighted by Gasteiger charge is 2.53. The van der Waals surface area contributed by atoms with Crippen molar-refractivity contribution in [3.8, 4) is 0 Å². The average Bonchev–Trinajstić information content (AvgIpc) is 2.90. The van der Waals surface area contributed by atoms with E-state index in [9.17, 15) is 4.79 Å². The van der Waals surface area contributed by atoms with Crippen LogP contribution in [-0.4, -0.2) is 18.4 Å². The van der Waals surface area contributed by atoms with E-state index >= 15 is 0 Å². The number of hydroxylamine groups is 1. The lowest BCUT2D eigenvalue weighted by Gasteiger charge is -2.51. The Balaban J connectivity index is 0.00000100. The highest BCUT2D eigenvalue weighted by molar-refractivity contribution is 5.87. The van der Waals surface area contributed by atoms with Crippen LogP contribution in [0.25, 0.3) is 0 Å². The van der Waals surface area contributed by atoms with E-state index in [-0.39, 0.29) is 10.8 Å². The summed E-state index contributed by atoms with van der Waals surface area (Å²) >= 11 is 0. The van der Waals surface area contributed by atoms with Gasteiger partial charge in [0.05, 0.1) is 6.10 Å². The van der Waals surface area contributed by atoms with Crippen LogP contribution in [0.5, 0.6) is 0 Å². The van der Waals surface area contributed by atoms with Gasteiger partial charge in [0.2, 0.25) is 0 Å². The van der Waals surface area contributed by atoms with Gasteiger partial charge < -0.3 is 0 Å². The molecule has 2 unspecified atom stereocenters. The molecule has 0 bridgehead atoms. The van der Waals surface area contributed by atoms with Crippen molar-refractivity contribution in [3.63, 3.8) is 0 Å². The first-order chi connectivity index (χ1) is 11.5. The maximum absolute atomic E-state index is 12.3.